The van der Waals surface area contributed by atoms with E-state index < -0.39 is 27.5 Å². The van der Waals surface area contributed by atoms with Gasteiger partial charge in [-0.2, -0.15) is 4.31 Å². The van der Waals surface area contributed by atoms with Crippen LogP contribution in [0.2, 0.25) is 0 Å². The van der Waals surface area contributed by atoms with Crippen LogP contribution in [-0.4, -0.2) is 85.9 Å². The average molecular weight is 731 g/mol. The molecule has 286 valence electrons. The van der Waals surface area contributed by atoms with Crippen LogP contribution < -0.4 is 0 Å². The molecule has 1 aliphatic heterocycles. The average Bonchev–Trinajstić information content (AvgIpc) is 3.33. The summed E-state index contributed by atoms with van der Waals surface area (Å²) in [5.41, 5.74) is 0.720. The Morgan fingerprint density at radius 2 is 1.45 bits per heavy atom. The van der Waals surface area contributed by atoms with Crippen LogP contribution in [0.1, 0.15) is 120 Å². The molecule has 1 saturated heterocycles. The molecule has 5 fully saturated rings. The van der Waals surface area contributed by atoms with Crippen LogP contribution in [-0.2, 0) is 38.7 Å². The van der Waals surface area contributed by atoms with E-state index in [1.807, 2.05) is 0 Å². The second-order valence-corrected chi connectivity index (χ2v) is 20.8. The SMILES string of the molecule is CC(=O)OC(C(=O)N1CCN(S(C)(=O)=O)CC1)[C@@]12CC[C@]3(C)[C@H](CC[C@@H]4[C@@]5(C)CC[C@H](OC(C)=O)C(C)(C)[C@@H]5CC[C@]43C)C1=C(C(C)C)C(=O)C2. The number of fused-ring (bicyclic) bond motifs is 7. The number of esters is 2. The van der Waals surface area contributed by atoms with Crippen LogP contribution in [0.3, 0.4) is 0 Å². The van der Waals surface area contributed by atoms with Crippen LogP contribution in [0.15, 0.2) is 11.1 Å². The number of sulfonamides is 1. The summed E-state index contributed by atoms with van der Waals surface area (Å²) in [6, 6.07) is 0. The van der Waals surface area contributed by atoms with Crippen molar-refractivity contribution in [2.75, 3.05) is 32.4 Å². The van der Waals surface area contributed by atoms with Gasteiger partial charge in [-0.1, -0.05) is 48.5 Å². The fraction of sp³-hybridized carbons (Fsp3) is 0.850. The highest BCUT2D eigenvalue weighted by atomic mass is 32.2. The molecule has 1 amide bonds. The molecule has 4 saturated carbocycles. The Hall–Kier alpha value is -2.27. The van der Waals surface area contributed by atoms with Crippen LogP contribution in [0.4, 0.5) is 0 Å². The molecular weight excluding hydrogens is 669 g/mol. The number of nitrogens with zero attached hydrogens (tertiary/aromatic N) is 2. The molecule has 0 aromatic heterocycles. The van der Waals surface area contributed by atoms with E-state index in [2.05, 4.69) is 48.5 Å². The number of hydrogen-bond acceptors (Lipinski definition) is 8. The lowest BCUT2D eigenvalue weighted by Gasteiger charge is -2.72. The molecule has 1 unspecified atom stereocenters. The molecule has 10 nitrogen and oxygen atoms in total. The Kier molecular flexibility index (Phi) is 9.55. The van der Waals surface area contributed by atoms with Gasteiger partial charge in [0.1, 0.15) is 6.10 Å². The fourth-order valence-corrected chi connectivity index (χ4v) is 14.2. The maximum Gasteiger partial charge on any atom is 0.303 e. The van der Waals surface area contributed by atoms with Crippen molar-refractivity contribution in [2.24, 2.45) is 50.7 Å². The fourth-order valence-electron chi connectivity index (χ4n) is 13.3. The molecule has 11 heteroatoms. The van der Waals surface area contributed by atoms with E-state index in [9.17, 15) is 27.6 Å². The highest BCUT2D eigenvalue weighted by molar-refractivity contribution is 7.88. The first-order valence-corrected chi connectivity index (χ1v) is 21.3. The largest absolute Gasteiger partial charge is 0.462 e. The first-order chi connectivity index (χ1) is 23.5. The summed E-state index contributed by atoms with van der Waals surface area (Å²) in [4.78, 5) is 55.4. The van der Waals surface area contributed by atoms with Crippen LogP contribution in [0, 0.1) is 50.7 Å². The predicted octanol–water partition coefficient (Wildman–Crippen LogP) is 5.93. The number of amides is 1. The van der Waals surface area contributed by atoms with Crippen molar-refractivity contribution in [3.63, 3.8) is 0 Å². The normalized spacial score (nSPS) is 40.1. The van der Waals surface area contributed by atoms with E-state index in [4.69, 9.17) is 9.47 Å². The minimum atomic E-state index is -3.40. The third kappa shape index (κ3) is 5.75. The summed E-state index contributed by atoms with van der Waals surface area (Å²) in [5, 5.41) is 0. The number of carbonyl (C=O) groups is 4. The number of carbonyl (C=O) groups excluding carboxylic acids is 4. The van der Waals surface area contributed by atoms with Gasteiger partial charge in [0.15, 0.2) is 11.9 Å². The van der Waals surface area contributed by atoms with Crippen LogP contribution in [0.5, 0.6) is 0 Å². The van der Waals surface area contributed by atoms with E-state index in [0.29, 0.717) is 18.3 Å². The first-order valence-electron chi connectivity index (χ1n) is 19.4. The zero-order valence-corrected chi connectivity index (χ0v) is 33.5. The lowest BCUT2D eigenvalue weighted by Crippen LogP contribution is -2.66. The number of hydrogen-bond donors (Lipinski definition) is 0. The smallest absolute Gasteiger partial charge is 0.303 e. The molecule has 0 aromatic carbocycles. The Labute approximate surface area is 305 Å². The quantitative estimate of drug-likeness (QED) is 0.308. The second kappa shape index (κ2) is 12.7. The maximum absolute atomic E-state index is 14.6. The summed E-state index contributed by atoms with van der Waals surface area (Å²) in [6.07, 6.45) is 7.37. The molecule has 0 spiro atoms. The minimum Gasteiger partial charge on any atom is -0.462 e. The molecular formula is C40H62N2O8S. The maximum atomic E-state index is 14.6. The molecule has 6 rings (SSSR count). The van der Waals surface area contributed by atoms with Gasteiger partial charge in [-0.15, -0.1) is 0 Å². The van der Waals surface area contributed by atoms with Gasteiger partial charge in [-0.3, -0.25) is 19.2 Å². The van der Waals surface area contributed by atoms with Crippen molar-refractivity contribution < 1.29 is 37.1 Å². The first kappa shape index (κ1) is 38.5. The van der Waals surface area contributed by atoms with Gasteiger partial charge in [0, 0.05) is 57.3 Å². The molecule has 9 atom stereocenters. The highest BCUT2D eigenvalue weighted by Crippen LogP contribution is 2.77. The van der Waals surface area contributed by atoms with E-state index in [-0.39, 0.29) is 89.9 Å². The highest BCUT2D eigenvalue weighted by Gasteiger charge is 2.71. The van der Waals surface area contributed by atoms with Gasteiger partial charge < -0.3 is 14.4 Å². The van der Waals surface area contributed by atoms with Gasteiger partial charge in [0.25, 0.3) is 5.91 Å². The van der Waals surface area contributed by atoms with Crippen LogP contribution in [0.25, 0.3) is 0 Å². The van der Waals surface area contributed by atoms with E-state index in [1.165, 1.54) is 24.4 Å². The number of Topliss-reactive ketones (excluding diaryl/α,β-unsaturated/α-hetero) is 1. The zero-order chi connectivity index (χ0) is 37.7. The Balaban J connectivity index is 1.39. The summed E-state index contributed by atoms with van der Waals surface area (Å²) in [5.74, 6) is -0.137. The second-order valence-electron chi connectivity index (χ2n) is 18.8. The third-order valence-electron chi connectivity index (χ3n) is 15.8. The van der Waals surface area contributed by atoms with Crippen molar-refractivity contribution in [2.45, 2.75) is 132 Å². The molecule has 1 heterocycles. The van der Waals surface area contributed by atoms with Gasteiger partial charge in [0.2, 0.25) is 10.0 Å². The van der Waals surface area contributed by atoms with E-state index >= 15 is 0 Å². The third-order valence-corrected chi connectivity index (χ3v) is 17.1. The van der Waals surface area contributed by atoms with Crippen molar-refractivity contribution >= 4 is 33.7 Å². The van der Waals surface area contributed by atoms with Crippen molar-refractivity contribution in [3.8, 4) is 0 Å². The zero-order valence-electron chi connectivity index (χ0n) is 32.7. The molecule has 0 bridgehead atoms. The number of rotatable bonds is 6. The summed E-state index contributed by atoms with van der Waals surface area (Å²) in [7, 11) is -3.40. The summed E-state index contributed by atoms with van der Waals surface area (Å²) < 4.78 is 37.9. The topological polar surface area (TPSA) is 127 Å². The monoisotopic (exact) mass is 730 g/mol. The number of allylic oxidation sites excluding steroid dienone is 1. The summed E-state index contributed by atoms with van der Waals surface area (Å²) >= 11 is 0. The van der Waals surface area contributed by atoms with E-state index in [0.717, 1.165) is 56.1 Å². The van der Waals surface area contributed by atoms with Gasteiger partial charge in [-0.25, -0.2) is 8.42 Å². The molecule has 0 radical (unpaired) electrons. The van der Waals surface area contributed by atoms with Gasteiger partial charge >= 0.3 is 11.9 Å². The predicted molar refractivity (Wildman–Crippen MR) is 194 cm³/mol. The number of ketones is 1. The molecule has 0 aromatic rings. The lowest BCUT2D eigenvalue weighted by molar-refractivity contribution is -0.235. The minimum absolute atomic E-state index is 0.0265. The Bertz CT molecular complexity index is 1630. The van der Waals surface area contributed by atoms with Crippen LogP contribution >= 0.6 is 0 Å². The number of piperazine rings is 1. The van der Waals surface area contributed by atoms with Gasteiger partial charge in [-0.05, 0) is 102 Å². The van der Waals surface area contributed by atoms with Crippen molar-refractivity contribution in [1.29, 1.82) is 0 Å². The molecule has 6 aliphatic rings. The van der Waals surface area contributed by atoms with Crippen molar-refractivity contribution in [3.05, 3.63) is 11.1 Å². The van der Waals surface area contributed by atoms with Gasteiger partial charge in [0.05, 0.1) is 6.26 Å². The number of ether oxygens (including phenoxy) is 2. The Morgan fingerprint density at radius 3 is 2.02 bits per heavy atom. The summed E-state index contributed by atoms with van der Waals surface area (Å²) in [6.45, 7) is 19.8. The Morgan fingerprint density at radius 1 is 0.804 bits per heavy atom. The molecule has 5 aliphatic carbocycles. The molecule has 51 heavy (non-hydrogen) atoms. The lowest BCUT2D eigenvalue weighted by atomic mass is 9.33. The molecule has 0 N–H and O–H groups in total. The standard InChI is InChI=1S/C40H62N2O8S/c1-24(2)32-28(45)23-40(34(50-26(4)44)35(46)41-19-21-42(22-20-41)51(10,47)48)18-17-38(8)27(33(32)40)11-12-30-37(7)15-14-31(49-25(3)43)36(5,6)29(37)13-16-39(30,38)9/h24,27,29-31,34H,11-23H2,1-10H3/t27-,29+,30-,31+,34?,37+,38-,39-,40-/m1/s1. The van der Waals surface area contributed by atoms with E-state index in [1.54, 1.807) is 4.90 Å². The van der Waals surface area contributed by atoms with Crippen molar-refractivity contribution in [1.82, 2.24) is 9.21 Å².